The Morgan fingerprint density at radius 2 is 2.23 bits per heavy atom. The van der Waals surface area contributed by atoms with Crippen LogP contribution in [0.3, 0.4) is 0 Å². The average Bonchev–Trinajstić information content (AvgIpc) is 2.45. The maximum absolute atomic E-state index is 5.82. The summed E-state index contributed by atoms with van der Waals surface area (Å²) in [6.45, 7) is 0. The molecule has 6 heteroatoms. The second-order valence-electron chi connectivity index (χ2n) is 2.49. The number of imidazole rings is 1. The molecule has 0 amide bonds. The Balaban J connectivity index is 2.83. The minimum atomic E-state index is 0.337. The highest BCUT2D eigenvalue weighted by Crippen LogP contribution is 2.21. The number of methoxy groups -OCH3 is 1. The highest BCUT2D eigenvalue weighted by molar-refractivity contribution is 6.33. The van der Waals surface area contributed by atoms with Gasteiger partial charge in [-0.1, -0.05) is 11.6 Å². The van der Waals surface area contributed by atoms with E-state index in [-0.39, 0.29) is 0 Å². The second-order valence-corrected chi connectivity index (χ2v) is 2.85. The Hall–Kier alpha value is -1.36. The van der Waals surface area contributed by atoms with Gasteiger partial charge in [0, 0.05) is 7.05 Å². The molecular weight excluding hydrogens is 192 g/mol. The zero-order chi connectivity index (χ0) is 9.42. The molecule has 13 heavy (non-hydrogen) atoms. The van der Waals surface area contributed by atoms with E-state index in [1.165, 1.54) is 6.33 Å². The van der Waals surface area contributed by atoms with Crippen LogP contribution in [-0.2, 0) is 7.05 Å². The molecular formula is C7H7ClN4O. The van der Waals surface area contributed by atoms with Crippen molar-refractivity contribution in [1.29, 1.82) is 0 Å². The number of rotatable bonds is 1. The fourth-order valence-electron chi connectivity index (χ4n) is 1.13. The molecule has 0 unspecified atom stereocenters. The van der Waals surface area contributed by atoms with E-state index in [4.69, 9.17) is 16.3 Å². The summed E-state index contributed by atoms with van der Waals surface area (Å²) < 4.78 is 6.72. The van der Waals surface area contributed by atoms with Crippen LogP contribution in [0.15, 0.2) is 6.33 Å². The molecule has 2 aromatic heterocycles. The van der Waals surface area contributed by atoms with Gasteiger partial charge in [0.1, 0.15) is 11.8 Å². The third-order valence-electron chi connectivity index (χ3n) is 1.75. The van der Waals surface area contributed by atoms with E-state index in [1.807, 2.05) is 0 Å². The quantitative estimate of drug-likeness (QED) is 0.643. The number of nitrogens with zero attached hydrogens (tertiary/aromatic N) is 4. The Labute approximate surface area is 79.3 Å². The molecule has 0 aromatic carbocycles. The lowest BCUT2D eigenvalue weighted by Crippen LogP contribution is -1.94. The van der Waals surface area contributed by atoms with Crippen molar-refractivity contribution in [2.45, 2.75) is 0 Å². The molecule has 0 saturated heterocycles. The molecule has 0 bridgehead atoms. The van der Waals surface area contributed by atoms with Gasteiger partial charge in [0.2, 0.25) is 0 Å². The number of ether oxygens (including phenoxy) is 1. The van der Waals surface area contributed by atoms with Gasteiger partial charge in [0.25, 0.3) is 6.01 Å². The fraction of sp³-hybridized carbons (Fsp3) is 0.286. The lowest BCUT2D eigenvalue weighted by atomic mass is 10.6. The lowest BCUT2D eigenvalue weighted by Gasteiger charge is -1.96. The van der Waals surface area contributed by atoms with Gasteiger partial charge in [-0.15, -0.1) is 0 Å². The first-order valence-electron chi connectivity index (χ1n) is 3.61. The van der Waals surface area contributed by atoms with Gasteiger partial charge in [-0.05, 0) is 0 Å². The van der Waals surface area contributed by atoms with Crippen LogP contribution >= 0.6 is 11.6 Å². The van der Waals surface area contributed by atoms with E-state index < -0.39 is 0 Å². The largest absolute Gasteiger partial charge is 0.468 e. The van der Waals surface area contributed by atoms with Gasteiger partial charge in [-0.25, -0.2) is 9.97 Å². The summed E-state index contributed by atoms with van der Waals surface area (Å²) in [7, 11) is 3.35. The molecule has 0 aliphatic carbocycles. The molecule has 0 aliphatic rings. The SMILES string of the molecule is COc1nc2c(Cl)ncnc2n1C. The van der Waals surface area contributed by atoms with Gasteiger partial charge in [0.05, 0.1) is 7.11 Å². The Bertz CT molecular complexity index is 453. The predicted molar refractivity (Wildman–Crippen MR) is 47.9 cm³/mol. The molecule has 68 valence electrons. The second kappa shape index (κ2) is 2.85. The topological polar surface area (TPSA) is 52.8 Å². The number of aromatic nitrogens is 4. The number of halogens is 1. The summed E-state index contributed by atoms with van der Waals surface area (Å²) in [6, 6.07) is 0.470. The zero-order valence-electron chi connectivity index (χ0n) is 7.15. The third-order valence-corrected chi connectivity index (χ3v) is 2.03. The number of hydrogen-bond donors (Lipinski definition) is 0. The van der Waals surface area contributed by atoms with E-state index in [1.54, 1.807) is 18.7 Å². The molecule has 0 fully saturated rings. The van der Waals surface area contributed by atoms with Crippen LogP contribution in [-0.4, -0.2) is 26.6 Å². The van der Waals surface area contributed by atoms with Crippen molar-refractivity contribution >= 4 is 22.8 Å². The third kappa shape index (κ3) is 1.12. The molecule has 2 heterocycles. The van der Waals surface area contributed by atoms with E-state index in [0.29, 0.717) is 22.3 Å². The summed E-state index contributed by atoms with van der Waals surface area (Å²) in [5.74, 6) is 0. The van der Waals surface area contributed by atoms with Crippen molar-refractivity contribution in [1.82, 2.24) is 19.5 Å². The molecule has 0 N–H and O–H groups in total. The van der Waals surface area contributed by atoms with Crippen LogP contribution in [0, 0.1) is 0 Å². The Morgan fingerprint density at radius 3 is 2.85 bits per heavy atom. The molecule has 0 radical (unpaired) electrons. The first kappa shape index (κ1) is 8.25. The fourth-order valence-corrected chi connectivity index (χ4v) is 1.30. The van der Waals surface area contributed by atoms with E-state index in [2.05, 4.69) is 15.0 Å². The molecule has 0 saturated carbocycles. The molecule has 5 nitrogen and oxygen atoms in total. The Morgan fingerprint density at radius 1 is 1.46 bits per heavy atom. The van der Waals surface area contributed by atoms with E-state index in [9.17, 15) is 0 Å². The van der Waals surface area contributed by atoms with Crippen molar-refractivity contribution < 1.29 is 4.74 Å². The summed E-state index contributed by atoms with van der Waals surface area (Å²) in [6.07, 6.45) is 1.39. The highest BCUT2D eigenvalue weighted by Gasteiger charge is 2.11. The van der Waals surface area contributed by atoms with Crippen molar-refractivity contribution in [3.63, 3.8) is 0 Å². The van der Waals surface area contributed by atoms with Crippen LogP contribution in [0.25, 0.3) is 11.2 Å². The van der Waals surface area contributed by atoms with Crippen LogP contribution in [0.1, 0.15) is 0 Å². The zero-order valence-corrected chi connectivity index (χ0v) is 7.91. The lowest BCUT2D eigenvalue weighted by molar-refractivity contribution is 0.368. The van der Waals surface area contributed by atoms with E-state index in [0.717, 1.165) is 0 Å². The van der Waals surface area contributed by atoms with Crippen molar-refractivity contribution in [3.8, 4) is 6.01 Å². The smallest absolute Gasteiger partial charge is 0.298 e. The summed E-state index contributed by atoms with van der Waals surface area (Å²) >= 11 is 5.82. The van der Waals surface area contributed by atoms with Crippen molar-refractivity contribution in [2.24, 2.45) is 7.05 Å². The molecule has 2 aromatic rings. The average molecular weight is 199 g/mol. The Kier molecular flexibility index (Phi) is 1.81. The maximum atomic E-state index is 5.82. The van der Waals surface area contributed by atoms with Crippen LogP contribution in [0.4, 0.5) is 0 Å². The van der Waals surface area contributed by atoms with E-state index >= 15 is 0 Å². The monoisotopic (exact) mass is 198 g/mol. The van der Waals surface area contributed by atoms with Crippen LogP contribution in [0.2, 0.25) is 5.15 Å². The summed E-state index contributed by atoms with van der Waals surface area (Å²) in [4.78, 5) is 12.0. The van der Waals surface area contributed by atoms with Gasteiger partial charge < -0.3 is 4.74 Å². The summed E-state index contributed by atoms with van der Waals surface area (Å²) in [5, 5.41) is 0.337. The number of hydrogen-bond acceptors (Lipinski definition) is 4. The standard InChI is InChI=1S/C7H7ClN4O/c1-12-6-4(11-7(12)13-2)5(8)9-3-10-6/h3H,1-2H3. The number of fused-ring (bicyclic) bond motifs is 1. The van der Waals surface area contributed by atoms with Crippen molar-refractivity contribution in [2.75, 3.05) is 7.11 Å². The molecule has 0 atom stereocenters. The minimum Gasteiger partial charge on any atom is -0.468 e. The predicted octanol–water partition coefficient (Wildman–Crippen LogP) is 1.03. The van der Waals surface area contributed by atoms with Crippen LogP contribution in [0.5, 0.6) is 6.01 Å². The molecule has 2 rings (SSSR count). The first-order chi connectivity index (χ1) is 6.24. The van der Waals surface area contributed by atoms with Crippen LogP contribution < -0.4 is 4.74 Å². The van der Waals surface area contributed by atoms with Crippen molar-refractivity contribution in [3.05, 3.63) is 11.5 Å². The minimum absolute atomic E-state index is 0.337. The van der Waals surface area contributed by atoms with Gasteiger partial charge >= 0.3 is 0 Å². The number of aryl methyl sites for hydroxylation is 1. The van der Waals surface area contributed by atoms with Gasteiger partial charge in [0.15, 0.2) is 10.8 Å². The first-order valence-corrected chi connectivity index (χ1v) is 3.98. The highest BCUT2D eigenvalue weighted by atomic mass is 35.5. The normalized spacial score (nSPS) is 10.7. The molecule has 0 spiro atoms. The maximum Gasteiger partial charge on any atom is 0.298 e. The summed E-state index contributed by atoms with van der Waals surface area (Å²) in [5.41, 5.74) is 1.22. The molecule has 0 aliphatic heterocycles. The van der Waals surface area contributed by atoms with Gasteiger partial charge in [-0.3, -0.25) is 4.57 Å². The van der Waals surface area contributed by atoms with Gasteiger partial charge in [-0.2, -0.15) is 4.98 Å².